The zero-order chi connectivity index (χ0) is 16.9. The topological polar surface area (TPSA) is 70.8 Å². The first-order chi connectivity index (χ1) is 11.7. The Morgan fingerprint density at radius 2 is 2.08 bits per heavy atom. The lowest BCUT2D eigenvalue weighted by atomic mass is 10.2. The monoisotopic (exact) mass is 329 g/mol. The molecule has 0 radical (unpaired) electrons. The van der Waals surface area contributed by atoms with Crippen molar-refractivity contribution >= 4 is 6.08 Å². The molecule has 1 aromatic carbocycles. The van der Waals surface area contributed by atoms with Gasteiger partial charge in [-0.25, -0.2) is 0 Å². The minimum absolute atomic E-state index is 0.301. The first-order valence-electron chi connectivity index (χ1n) is 8.08. The fraction of sp³-hybridized carbons (Fsp3) is 0.389. The molecule has 0 saturated carbocycles. The van der Waals surface area contributed by atoms with Crippen molar-refractivity contribution in [2.45, 2.75) is 19.2 Å². The zero-order valence-corrected chi connectivity index (χ0v) is 13.8. The van der Waals surface area contributed by atoms with E-state index in [4.69, 9.17) is 9.84 Å². The molecule has 0 unspecified atom stereocenters. The maximum Gasteiger partial charge on any atom is 0.121 e. The van der Waals surface area contributed by atoms with Crippen molar-refractivity contribution in [3.8, 4) is 5.75 Å². The molecule has 1 aliphatic heterocycles. The first kappa shape index (κ1) is 16.7. The summed E-state index contributed by atoms with van der Waals surface area (Å²) in [6.45, 7) is 3.05. The second kappa shape index (κ2) is 7.61. The van der Waals surface area contributed by atoms with Gasteiger partial charge >= 0.3 is 0 Å². The van der Waals surface area contributed by atoms with Gasteiger partial charge in [-0.15, -0.1) is 0 Å². The van der Waals surface area contributed by atoms with Crippen molar-refractivity contribution in [1.82, 2.24) is 14.7 Å². The smallest absolute Gasteiger partial charge is 0.121 e. The molecule has 3 rings (SSSR count). The number of aliphatic hydroxyl groups excluding tert-OH is 2. The van der Waals surface area contributed by atoms with Gasteiger partial charge in [-0.3, -0.25) is 9.58 Å². The van der Waals surface area contributed by atoms with Gasteiger partial charge in [-0.05, 0) is 23.8 Å². The summed E-state index contributed by atoms with van der Waals surface area (Å²) in [5, 5.41) is 23.1. The van der Waals surface area contributed by atoms with Crippen molar-refractivity contribution in [2.75, 3.05) is 26.8 Å². The van der Waals surface area contributed by atoms with E-state index >= 15 is 0 Å². The Morgan fingerprint density at radius 3 is 2.79 bits per heavy atom. The Kier molecular flexibility index (Phi) is 5.30. The Hall–Kier alpha value is -2.15. The summed E-state index contributed by atoms with van der Waals surface area (Å²) in [5.41, 5.74) is 2.76. The Balaban J connectivity index is 1.57. The molecule has 0 amide bonds. The molecule has 1 atom stereocenters. The van der Waals surface area contributed by atoms with Gasteiger partial charge in [-0.2, -0.15) is 5.10 Å². The SMILES string of the molecule is COc1ccc(/C=C/CN2CCn3nc([C@H](O)CO)cc3C2)cc1. The van der Waals surface area contributed by atoms with Crippen LogP contribution in [0.5, 0.6) is 5.75 Å². The Bertz CT molecular complexity index is 694. The van der Waals surface area contributed by atoms with Crippen LogP contribution in [0.3, 0.4) is 0 Å². The molecule has 6 nitrogen and oxygen atoms in total. The molecule has 128 valence electrons. The Labute approximate surface area is 141 Å². The predicted molar refractivity (Wildman–Crippen MR) is 91.6 cm³/mol. The van der Waals surface area contributed by atoms with Gasteiger partial charge in [-0.1, -0.05) is 24.3 Å². The third-order valence-corrected chi connectivity index (χ3v) is 4.20. The maximum absolute atomic E-state index is 9.69. The van der Waals surface area contributed by atoms with Crippen LogP contribution in [0.25, 0.3) is 6.08 Å². The highest BCUT2D eigenvalue weighted by Gasteiger charge is 2.20. The van der Waals surface area contributed by atoms with Crippen LogP contribution in [0.2, 0.25) is 0 Å². The van der Waals surface area contributed by atoms with Crippen LogP contribution in [-0.4, -0.2) is 51.7 Å². The minimum Gasteiger partial charge on any atom is -0.497 e. The van der Waals surface area contributed by atoms with Crippen LogP contribution in [-0.2, 0) is 13.1 Å². The highest BCUT2D eigenvalue weighted by molar-refractivity contribution is 5.50. The van der Waals surface area contributed by atoms with Crippen molar-refractivity contribution in [2.24, 2.45) is 0 Å². The summed E-state index contributed by atoms with van der Waals surface area (Å²) in [7, 11) is 1.66. The maximum atomic E-state index is 9.69. The molecule has 2 heterocycles. The highest BCUT2D eigenvalue weighted by atomic mass is 16.5. The van der Waals surface area contributed by atoms with E-state index in [2.05, 4.69) is 22.2 Å². The molecule has 1 aromatic heterocycles. The Morgan fingerprint density at radius 1 is 1.29 bits per heavy atom. The largest absolute Gasteiger partial charge is 0.497 e. The standard InChI is InChI=1S/C18H23N3O3/c1-24-16-6-4-14(5-7-16)3-2-8-20-9-10-21-15(12-20)11-17(19-21)18(23)13-22/h2-7,11,18,22-23H,8-10,12-13H2,1H3/b3-2+/t18-/m1/s1. The van der Waals surface area contributed by atoms with Gasteiger partial charge in [0.15, 0.2) is 0 Å². The fourth-order valence-electron chi connectivity index (χ4n) is 2.81. The summed E-state index contributed by atoms with van der Waals surface area (Å²) in [4.78, 5) is 2.33. The second-order valence-corrected chi connectivity index (χ2v) is 5.89. The molecule has 2 aromatic rings. The minimum atomic E-state index is -0.897. The molecule has 0 fully saturated rings. The van der Waals surface area contributed by atoms with Crippen molar-refractivity contribution in [3.05, 3.63) is 53.4 Å². The van der Waals surface area contributed by atoms with Gasteiger partial charge in [0.05, 0.1) is 31.6 Å². The molecule has 2 N–H and O–H groups in total. The average molecular weight is 329 g/mol. The van der Waals surface area contributed by atoms with Crippen LogP contribution in [0.15, 0.2) is 36.4 Å². The van der Waals surface area contributed by atoms with E-state index in [0.717, 1.165) is 43.2 Å². The van der Waals surface area contributed by atoms with E-state index in [1.54, 1.807) is 7.11 Å². The number of aromatic nitrogens is 2. The number of rotatable bonds is 6. The van der Waals surface area contributed by atoms with Crippen molar-refractivity contribution in [1.29, 1.82) is 0 Å². The molecule has 0 bridgehead atoms. The lowest BCUT2D eigenvalue weighted by Crippen LogP contribution is -2.33. The van der Waals surface area contributed by atoms with Crippen LogP contribution in [0.1, 0.15) is 23.1 Å². The first-order valence-corrected chi connectivity index (χ1v) is 8.08. The van der Waals surface area contributed by atoms with E-state index in [1.807, 2.05) is 35.0 Å². The molecule has 0 saturated heterocycles. The molecule has 0 spiro atoms. The normalized spacial score (nSPS) is 16.3. The third-order valence-electron chi connectivity index (χ3n) is 4.20. The molecule has 6 heteroatoms. The molecular formula is C18H23N3O3. The van der Waals surface area contributed by atoms with Gasteiger partial charge in [0, 0.05) is 19.6 Å². The van der Waals surface area contributed by atoms with Gasteiger partial charge < -0.3 is 14.9 Å². The summed E-state index contributed by atoms with van der Waals surface area (Å²) < 4.78 is 7.07. The van der Waals surface area contributed by atoms with E-state index in [9.17, 15) is 5.11 Å². The number of hydrogen-bond donors (Lipinski definition) is 2. The van der Waals surface area contributed by atoms with Crippen molar-refractivity contribution in [3.63, 3.8) is 0 Å². The molecule has 1 aliphatic rings. The summed E-state index contributed by atoms with van der Waals surface area (Å²) >= 11 is 0. The predicted octanol–water partition coefficient (Wildman–Crippen LogP) is 1.45. The quantitative estimate of drug-likeness (QED) is 0.839. The number of methoxy groups -OCH3 is 1. The van der Waals surface area contributed by atoms with Crippen LogP contribution < -0.4 is 4.74 Å². The lowest BCUT2D eigenvalue weighted by Gasteiger charge is -2.26. The second-order valence-electron chi connectivity index (χ2n) is 5.89. The van der Waals surface area contributed by atoms with Crippen LogP contribution >= 0.6 is 0 Å². The van der Waals surface area contributed by atoms with Crippen LogP contribution in [0, 0.1) is 0 Å². The van der Waals surface area contributed by atoms with E-state index in [1.165, 1.54) is 0 Å². The lowest BCUT2D eigenvalue weighted by molar-refractivity contribution is 0.0915. The summed E-state index contributed by atoms with van der Waals surface area (Å²) in [5.74, 6) is 0.859. The third kappa shape index (κ3) is 3.84. The van der Waals surface area contributed by atoms with E-state index in [-0.39, 0.29) is 6.61 Å². The van der Waals surface area contributed by atoms with Crippen molar-refractivity contribution < 1.29 is 14.9 Å². The number of nitrogens with zero attached hydrogens (tertiary/aromatic N) is 3. The highest BCUT2D eigenvalue weighted by Crippen LogP contribution is 2.18. The molecule has 0 aliphatic carbocycles. The summed E-state index contributed by atoms with van der Waals surface area (Å²) in [6.07, 6.45) is 3.36. The number of aliphatic hydroxyl groups is 2. The van der Waals surface area contributed by atoms with E-state index in [0.29, 0.717) is 5.69 Å². The van der Waals surface area contributed by atoms with Gasteiger partial charge in [0.2, 0.25) is 0 Å². The number of ether oxygens (including phenoxy) is 1. The summed E-state index contributed by atoms with van der Waals surface area (Å²) in [6, 6.07) is 9.84. The molecular weight excluding hydrogens is 306 g/mol. The van der Waals surface area contributed by atoms with Gasteiger partial charge in [0.25, 0.3) is 0 Å². The zero-order valence-electron chi connectivity index (χ0n) is 13.8. The van der Waals surface area contributed by atoms with Gasteiger partial charge in [0.1, 0.15) is 11.9 Å². The fourth-order valence-corrected chi connectivity index (χ4v) is 2.81. The van der Waals surface area contributed by atoms with E-state index < -0.39 is 6.10 Å². The average Bonchev–Trinajstić information content (AvgIpc) is 3.05. The number of fused-ring (bicyclic) bond motifs is 1. The van der Waals surface area contributed by atoms with Crippen LogP contribution in [0.4, 0.5) is 0 Å². The number of hydrogen-bond acceptors (Lipinski definition) is 5. The molecule has 24 heavy (non-hydrogen) atoms. The number of benzene rings is 1.